The molecule has 106 valence electrons. The van der Waals surface area contributed by atoms with Crippen molar-refractivity contribution < 1.29 is 13.5 Å². The van der Waals surface area contributed by atoms with Gasteiger partial charge in [-0.2, -0.15) is 0 Å². The molecule has 0 aromatic heterocycles. The number of hydrogen-bond acceptors (Lipinski definition) is 3. The highest BCUT2D eigenvalue weighted by molar-refractivity contribution is 7.92. The standard InChI is InChI=1S/C15H22O3S/c1-10-5-4-6-13(8-10)19(17,18)15-12(3)7-11(2)9-14(15)16/h4-6,8,11-12,14-16H,7,9H2,1-3H3. The van der Waals surface area contributed by atoms with E-state index in [1.165, 1.54) is 0 Å². The van der Waals surface area contributed by atoms with Gasteiger partial charge in [0.15, 0.2) is 9.84 Å². The average molecular weight is 282 g/mol. The zero-order valence-corrected chi connectivity index (χ0v) is 12.5. The van der Waals surface area contributed by atoms with Gasteiger partial charge in [0.25, 0.3) is 0 Å². The number of aliphatic hydroxyl groups is 1. The fourth-order valence-corrected chi connectivity index (χ4v) is 5.43. The minimum absolute atomic E-state index is 0.00994. The maximum absolute atomic E-state index is 12.7. The summed E-state index contributed by atoms with van der Waals surface area (Å²) in [6, 6.07) is 6.94. The van der Waals surface area contributed by atoms with E-state index in [1.54, 1.807) is 18.2 Å². The maximum Gasteiger partial charge on any atom is 0.184 e. The Balaban J connectivity index is 2.39. The quantitative estimate of drug-likeness (QED) is 0.907. The molecule has 1 aromatic carbocycles. The predicted molar refractivity (Wildman–Crippen MR) is 75.7 cm³/mol. The molecule has 0 spiro atoms. The summed E-state index contributed by atoms with van der Waals surface area (Å²) in [7, 11) is -3.46. The maximum atomic E-state index is 12.7. The average Bonchev–Trinajstić information content (AvgIpc) is 2.26. The first-order valence-corrected chi connectivity index (χ1v) is 8.35. The van der Waals surface area contributed by atoms with E-state index in [1.807, 2.05) is 19.9 Å². The van der Waals surface area contributed by atoms with Gasteiger partial charge in [0.05, 0.1) is 16.2 Å². The predicted octanol–water partition coefficient (Wildman–Crippen LogP) is 2.56. The molecule has 4 heteroatoms. The second-order valence-electron chi connectivity index (χ2n) is 5.95. The Morgan fingerprint density at radius 1 is 1.21 bits per heavy atom. The Kier molecular flexibility index (Phi) is 4.02. The van der Waals surface area contributed by atoms with Gasteiger partial charge in [-0.25, -0.2) is 8.42 Å². The van der Waals surface area contributed by atoms with Gasteiger partial charge in [0.1, 0.15) is 0 Å². The number of rotatable bonds is 2. The van der Waals surface area contributed by atoms with E-state index in [4.69, 9.17) is 0 Å². The first-order chi connectivity index (χ1) is 8.82. The molecule has 0 bridgehead atoms. The monoisotopic (exact) mass is 282 g/mol. The van der Waals surface area contributed by atoms with E-state index in [-0.39, 0.29) is 5.92 Å². The van der Waals surface area contributed by atoms with Crippen molar-refractivity contribution in [1.82, 2.24) is 0 Å². The zero-order chi connectivity index (χ0) is 14.2. The second kappa shape index (κ2) is 5.25. The highest BCUT2D eigenvalue weighted by Crippen LogP contribution is 2.36. The lowest BCUT2D eigenvalue weighted by molar-refractivity contribution is 0.0843. The van der Waals surface area contributed by atoms with Crippen molar-refractivity contribution in [3.63, 3.8) is 0 Å². The normalized spacial score (nSPS) is 32.2. The minimum Gasteiger partial charge on any atom is -0.392 e. The third-order valence-electron chi connectivity index (χ3n) is 4.03. The topological polar surface area (TPSA) is 54.4 Å². The molecule has 1 aliphatic carbocycles. The SMILES string of the molecule is Cc1cccc(S(=O)(=O)C2C(C)CC(C)CC2O)c1. The summed E-state index contributed by atoms with van der Waals surface area (Å²) in [6.45, 7) is 5.87. The van der Waals surface area contributed by atoms with Crippen LogP contribution in [0, 0.1) is 18.8 Å². The van der Waals surface area contributed by atoms with Gasteiger partial charge < -0.3 is 5.11 Å². The smallest absolute Gasteiger partial charge is 0.184 e. The van der Waals surface area contributed by atoms with Crippen molar-refractivity contribution in [1.29, 1.82) is 0 Å². The van der Waals surface area contributed by atoms with Gasteiger partial charge in [-0.15, -0.1) is 0 Å². The molecule has 0 amide bonds. The van der Waals surface area contributed by atoms with Gasteiger partial charge in [0.2, 0.25) is 0 Å². The molecular weight excluding hydrogens is 260 g/mol. The molecule has 1 N–H and O–H groups in total. The van der Waals surface area contributed by atoms with Crippen LogP contribution in [0.25, 0.3) is 0 Å². The van der Waals surface area contributed by atoms with E-state index >= 15 is 0 Å². The largest absolute Gasteiger partial charge is 0.392 e. The summed E-state index contributed by atoms with van der Waals surface area (Å²) in [6.07, 6.45) is 0.663. The first kappa shape index (κ1) is 14.5. The molecule has 4 atom stereocenters. The van der Waals surface area contributed by atoms with Crippen LogP contribution in [0.15, 0.2) is 29.2 Å². The van der Waals surface area contributed by atoms with Gasteiger partial charge in [-0.3, -0.25) is 0 Å². The Morgan fingerprint density at radius 2 is 1.89 bits per heavy atom. The zero-order valence-electron chi connectivity index (χ0n) is 11.7. The van der Waals surface area contributed by atoms with Crippen molar-refractivity contribution >= 4 is 9.84 Å². The molecule has 1 aliphatic rings. The van der Waals surface area contributed by atoms with Gasteiger partial charge >= 0.3 is 0 Å². The fraction of sp³-hybridized carbons (Fsp3) is 0.600. The summed E-state index contributed by atoms with van der Waals surface area (Å²) < 4.78 is 25.4. The molecule has 0 radical (unpaired) electrons. The lowest BCUT2D eigenvalue weighted by Gasteiger charge is -2.36. The Labute approximate surface area is 115 Å². The van der Waals surface area contributed by atoms with Crippen LogP contribution in [0.5, 0.6) is 0 Å². The lowest BCUT2D eigenvalue weighted by Crippen LogP contribution is -2.44. The van der Waals surface area contributed by atoms with Crippen molar-refractivity contribution in [2.75, 3.05) is 0 Å². The van der Waals surface area contributed by atoms with Crippen LogP contribution < -0.4 is 0 Å². The molecule has 0 saturated heterocycles. The van der Waals surface area contributed by atoms with Crippen LogP contribution in [-0.4, -0.2) is 24.9 Å². The van der Waals surface area contributed by atoms with Crippen LogP contribution in [0.4, 0.5) is 0 Å². The molecule has 4 unspecified atom stereocenters. The van der Waals surface area contributed by atoms with E-state index in [2.05, 4.69) is 6.92 Å². The minimum atomic E-state index is -3.46. The van der Waals surface area contributed by atoms with E-state index in [9.17, 15) is 13.5 Å². The molecule has 0 aliphatic heterocycles. The molecule has 1 saturated carbocycles. The van der Waals surface area contributed by atoms with Crippen molar-refractivity contribution in [2.45, 2.75) is 49.9 Å². The number of sulfone groups is 1. The van der Waals surface area contributed by atoms with Gasteiger partial charge in [-0.05, 0) is 49.3 Å². The second-order valence-corrected chi connectivity index (χ2v) is 8.05. The number of benzene rings is 1. The molecule has 0 heterocycles. The number of hydrogen-bond donors (Lipinski definition) is 1. The summed E-state index contributed by atoms with van der Waals surface area (Å²) >= 11 is 0. The van der Waals surface area contributed by atoms with Crippen LogP contribution in [0.1, 0.15) is 32.3 Å². The van der Waals surface area contributed by atoms with E-state index < -0.39 is 21.2 Å². The van der Waals surface area contributed by atoms with Crippen LogP contribution in [0.3, 0.4) is 0 Å². The highest BCUT2D eigenvalue weighted by atomic mass is 32.2. The lowest BCUT2D eigenvalue weighted by atomic mass is 9.81. The van der Waals surface area contributed by atoms with Gasteiger partial charge in [0, 0.05) is 0 Å². The molecule has 3 nitrogen and oxygen atoms in total. The van der Waals surface area contributed by atoms with Crippen molar-refractivity contribution in [3.05, 3.63) is 29.8 Å². The van der Waals surface area contributed by atoms with Crippen LogP contribution in [0.2, 0.25) is 0 Å². The van der Waals surface area contributed by atoms with Crippen molar-refractivity contribution in [3.8, 4) is 0 Å². The van der Waals surface area contributed by atoms with E-state index in [0.29, 0.717) is 17.2 Å². The molecule has 2 rings (SSSR count). The summed E-state index contributed by atoms with van der Waals surface area (Å²) in [4.78, 5) is 0.331. The summed E-state index contributed by atoms with van der Waals surface area (Å²) in [5.41, 5.74) is 0.924. The van der Waals surface area contributed by atoms with Crippen LogP contribution >= 0.6 is 0 Å². The summed E-state index contributed by atoms with van der Waals surface area (Å²) in [5, 5.41) is 9.52. The van der Waals surface area contributed by atoms with Crippen LogP contribution in [-0.2, 0) is 9.84 Å². The highest BCUT2D eigenvalue weighted by Gasteiger charge is 2.42. The Morgan fingerprint density at radius 3 is 2.47 bits per heavy atom. The van der Waals surface area contributed by atoms with E-state index in [0.717, 1.165) is 12.0 Å². The fourth-order valence-electron chi connectivity index (χ4n) is 3.25. The molecular formula is C15H22O3S. The number of aryl methyl sites for hydroxylation is 1. The summed E-state index contributed by atoms with van der Waals surface area (Å²) in [5.74, 6) is 0.373. The molecule has 19 heavy (non-hydrogen) atoms. The van der Waals surface area contributed by atoms with Crippen molar-refractivity contribution in [2.24, 2.45) is 11.8 Å². The first-order valence-electron chi connectivity index (χ1n) is 6.81. The third kappa shape index (κ3) is 2.84. The Bertz CT molecular complexity index is 538. The number of aliphatic hydroxyl groups excluding tert-OH is 1. The molecule has 1 aromatic rings. The Hall–Kier alpha value is -0.870. The van der Waals surface area contributed by atoms with Gasteiger partial charge in [-0.1, -0.05) is 26.0 Å². The molecule has 1 fully saturated rings. The third-order valence-corrected chi connectivity index (χ3v) is 6.44.